The summed E-state index contributed by atoms with van der Waals surface area (Å²) < 4.78 is 5.52. The van der Waals surface area contributed by atoms with Gasteiger partial charge < -0.3 is 14.8 Å². The van der Waals surface area contributed by atoms with Crippen molar-refractivity contribution in [2.75, 3.05) is 6.54 Å². The number of rotatable bonds is 6. The van der Waals surface area contributed by atoms with Gasteiger partial charge in [-0.05, 0) is 24.0 Å². The highest BCUT2D eigenvalue weighted by atomic mass is 16.4. The molecule has 1 amide bonds. The Bertz CT molecular complexity index is 374. The minimum atomic E-state index is -0.528. The van der Waals surface area contributed by atoms with Crippen LogP contribution < -0.4 is 5.32 Å². The third kappa shape index (κ3) is 3.60. The molecule has 18 heavy (non-hydrogen) atoms. The van der Waals surface area contributed by atoms with E-state index in [4.69, 9.17) is 4.42 Å². The first kappa shape index (κ1) is 14.8. The number of furan rings is 1. The lowest BCUT2D eigenvalue weighted by Crippen LogP contribution is -2.34. The first-order valence-corrected chi connectivity index (χ1v) is 6.57. The molecule has 2 N–H and O–H groups in total. The van der Waals surface area contributed by atoms with Gasteiger partial charge in [0.15, 0.2) is 5.76 Å². The molecule has 1 atom stereocenters. The first-order chi connectivity index (χ1) is 8.49. The highest BCUT2D eigenvalue weighted by Gasteiger charge is 2.16. The summed E-state index contributed by atoms with van der Waals surface area (Å²) in [6.45, 7) is 8.11. The SMILES string of the molecule is CCc1cc(C(=O)NCC(O)C(C)C)oc1CC. The zero-order chi connectivity index (χ0) is 13.7. The van der Waals surface area contributed by atoms with E-state index in [1.54, 1.807) is 6.07 Å². The Labute approximate surface area is 108 Å². The summed E-state index contributed by atoms with van der Waals surface area (Å²) in [5.74, 6) is 1.06. The van der Waals surface area contributed by atoms with Crippen LogP contribution in [0.5, 0.6) is 0 Å². The molecule has 0 saturated heterocycles. The smallest absolute Gasteiger partial charge is 0.287 e. The van der Waals surface area contributed by atoms with Crippen LogP contribution in [0.4, 0.5) is 0 Å². The largest absolute Gasteiger partial charge is 0.456 e. The van der Waals surface area contributed by atoms with Gasteiger partial charge in [-0.3, -0.25) is 4.79 Å². The van der Waals surface area contributed by atoms with Crippen molar-refractivity contribution in [2.45, 2.75) is 46.6 Å². The predicted octanol–water partition coefficient (Wildman–Crippen LogP) is 2.15. The topological polar surface area (TPSA) is 62.5 Å². The lowest BCUT2D eigenvalue weighted by atomic mass is 10.1. The van der Waals surface area contributed by atoms with Crippen molar-refractivity contribution in [3.63, 3.8) is 0 Å². The third-order valence-electron chi connectivity index (χ3n) is 3.06. The van der Waals surface area contributed by atoms with Crippen molar-refractivity contribution in [1.82, 2.24) is 5.32 Å². The van der Waals surface area contributed by atoms with E-state index in [9.17, 15) is 9.90 Å². The number of nitrogens with one attached hydrogen (secondary N) is 1. The first-order valence-electron chi connectivity index (χ1n) is 6.57. The summed E-state index contributed by atoms with van der Waals surface area (Å²) in [5, 5.41) is 12.3. The van der Waals surface area contributed by atoms with Crippen molar-refractivity contribution in [2.24, 2.45) is 5.92 Å². The Morgan fingerprint density at radius 3 is 2.50 bits per heavy atom. The molecule has 1 heterocycles. The number of carbonyl (C=O) groups excluding carboxylic acids is 1. The Hall–Kier alpha value is -1.29. The highest BCUT2D eigenvalue weighted by Crippen LogP contribution is 2.16. The zero-order valence-electron chi connectivity index (χ0n) is 11.6. The molecule has 102 valence electrons. The Balaban J connectivity index is 2.64. The van der Waals surface area contributed by atoms with Crippen molar-refractivity contribution in [1.29, 1.82) is 0 Å². The minimum absolute atomic E-state index is 0.124. The summed E-state index contributed by atoms with van der Waals surface area (Å²) in [5.41, 5.74) is 1.08. The van der Waals surface area contributed by atoms with Gasteiger partial charge in [-0.25, -0.2) is 0 Å². The molecule has 0 aliphatic carbocycles. The fourth-order valence-corrected chi connectivity index (χ4v) is 1.70. The van der Waals surface area contributed by atoms with E-state index in [1.165, 1.54) is 0 Å². The quantitative estimate of drug-likeness (QED) is 0.816. The second kappa shape index (κ2) is 6.59. The normalized spacial score (nSPS) is 12.8. The maximum Gasteiger partial charge on any atom is 0.287 e. The lowest BCUT2D eigenvalue weighted by molar-refractivity contribution is 0.0845. The van der Waals surface area contributed by atoms with E-state index in [0.717, 1.165) is 24.2 Å². The number of aryl methyl sites for hydroxylation is 2. The molecule has 0 bridgehead atoms. The van der Waals surface area contributed by atoms with Crippen LogP contribution >= 0.6 is 0 Å². The Morgan fingerprint density at radius 1 is 1.39 bits per heavy atom. The van der Waals surface area contributed by atoms with E-state index in [2.05, 4.69) is 5.32 Å². The van der Waals surface area contributed by atoms with E-state index in [0.29, 0.717) is 5.76 Å². The van der Waals surface area contributed by atoms with Gasteiger partial charge in [0.1, 0.15) is 5.76 Å². The van der Waals surface area contributed by atoms with Gasteiger partial charge >= 0.3 is 0 Å². The molecule has 0 spiro atoms. The number of aliphatic hydroxyl groups excluding tert-OH is 1. The molecule has 0 saturated carbocycles. The van der Waals surface area contributed by atoms with E-state index in [-0.39, 0.29) is 18.4 Å². The molecule has 1 aromatic heterocycles. The maximum absolute atomic E-state index is 11.9. The van der Waals surface area contributed by atoms with Crippen LogP contribution in [0.3, 0.4) is 0 Å². The number of aliphatic hydroxyl groups is 1. The summed E-state index contributed by atoms with van der Waals surface area (Å²) in [7, 11) is 0. The predicted molar refractivity (Wildman–Crippen MR) is 70.6 cm³/mol. The molecular formula is C14H23NO3. The van der Waals surface area contributed by atoms with E-state index >= 15 is 0 Å². The van der Waals surface area contributed by atoms with Gasteiger partial charge in [-0.1, -0.05) is 27.7 Å². The average molecular weight is 253 g/mol. The third-order valence-corrected chi connectivity index (χ3v) is 3.06. The van der Waals surface area contributed by atoms with Crippen molar-refractivity contribution in [3.05, 3.63) is 23.2 Å². The zero-order valence-corrected chi connectivity index (χ0v) is 11.6. The molecule has 1 unspecified atom stereocenters. The van der Waals surface area contributed by atoms with Crippen molar-refractivity contribution < 1.29 is 14.3 Å². The summed E-state index contributed by atoms with van der Waals surface area (Å²) in [6.07, 6.45) is 1.11. The number of hydrogen-bond acceptors (Lipinski definition) is 3. The summed E-state index contributed by atoms with van der Waals surface area (Å²) in [6, 6.07) is 1.79. The Kier molecular flexibility index (Phi) is 5.41. The van der Waals surface area contributed by atoms with E-state index < -0.39 is 6.10 Å². The number of carbonyl (C=O) groups is 1. The van der Waals surface area contributed by atoms with Crippen LogP contribution in [0.2, 0.25) is 0 Å². The fraction of sp³-hybridized carbons (Fsp3) is 0.643. The van der Waals surface area contributed by atoms with Gasteiger partial charge in [-0.2, -0.15) is 0 Å². The second-order valence-corrected chi connectivity index (χ2v) is 4.79. The van der Waals surface area contributed by atoms with E-state index in [1.807, 2.05) is 27.7 Å². The number of hydrogen-bond donors (Lipinski definition) is 2. The average Bonchev–Trinajstić information content (AvgIpc) is 2.78. The van der Waals surface area contributed by atoms with Crippen LogP contribution in [-0.4, -0.2) is 23.7 Å². The van der Waals surface area contributed by atoms with Gasteiger partial charge in [0.25, 0.3) is 5.91 Å². The van der Waals surface area contributed by atoms with Crippen LogP contribution in [0, 0.1) is 5.92 Å². The molecule has 0 aliphatic heterocycles. The molecule has 0 radical (unpaired) electrons. The monoisotopic (exact) mass is 253 g/mol. The molecule has 1 aromatic rings. The fourth-order valence-electron chi connectivity index (χ4n) is 1.70. The van der Waals surface area contributed by atoms with Crippen molar-refractivity contribution >= 4 is 5.91 Å². The van der Waals surface area contributed by atoms with Gasteiger partial charge in [0.2, 0.25) is 0 Å². The second-order valence-electron chi connectivity index (χ2n) is 4.79. The highest BCUT2D eigenvalue weighted by molar-refractivity contribution is 5.91. The molecule has 1 rings (SSSR count). The van der Waals surface area contributed by atoms with Gasteiger partial charge in [0, 0.05) is 13.0 Å². The molecule has 4 heteroatoms. The van der Waals surface area contributed by atoms with Gasteiger partial charge in [-0.15, -0.1) is 0 Å². The van der Waals surface area contributed by atoms with Crippen LogP contribution in [-0.2, 0) is 12.8 Å². The van der Waals surface area contributed by atoms with Gasteiger partial charge in [0.05, 0.1) is 6.10 Å². The summed E-state index contributed by atoms with van der Waals surface area (Å²) >= 11 is 0. The standard InChI is InChI=1S/C14H23NO3/c1-5-10-7-13(18-12(10)6-2)14(17)15-8-11(16)9(3)4/h7,9,11,16H,5-6,8H2,1-4H3,(H,15,17). The molecular weight excluding hydrogens is 230 g/mol. The lowest BCUT2D eigenvalue weighted by Gasteiger charge is -2.14. The summed E-state index contributed by atoms with van der Waals surface area (Å²) in [4.78, 5) is 11.9. The minimum Gasteiger partial charge on any atom is -0.456 e. The molecule has 4 nitrogen and oxygen atoms in total. The Morgan fingerprint density at radius 2 is 2.06 bits per heavy atom. The maximum atomic E-state index is 11.9. The van der Waals surface area contributed by atoms with Crippen LogP contribution in [0.15, 0.2) is 10.5 Å². The van der Waals surface area contributed by atoms with Crippen molar-refractivity contribution in [3.8, 4) is 0 Å². The number of amides is 1. The van der Waals surface area contributed by atoms with Crippen LogP contribution in [0.25, 0.3) is 0 Å². The molecule has 0 fully saturated rings. The molecule has 0 aromatic carbocycles. The van der Waals surface area contributed by atoms with Crippen LogP contribution in [0.1, 0.15) is 49.6 Å². The molecule has 0 aliphatic rings.